The van der Waals surface area contributed by atoms with E-state index < -0.39 is 0 Å². The normalized spacial score (nSPS) is 12.8. The van der Waals surface area contributed by atoms with Crippen molar-refractivity contribution in [3.8, 4) is 5.75 Å². The molecule has 0 fully saturated rings. The molecule has 0 aliphatic carbocycles. The number of aliphatic hydroxyl groups excluding tert-OH is 1. The number of benzene rings is 1. The smallest absolute Gasteiger partial charge is 0.121 e. The third-order valence-corrected chi connectivity index (χ3v) is 2.18. The molecule has 1 atom stereocenters. The number of anilines is 1. The van der Waals surface area contributed by atoms with Crippen molar-refractivity contribution >= 4 is 5.69 Å². The Labute approximate surface area is 96.6 Å². The zero-order valence-electron chi connectivity index (χ0n) is 9.89. The molecule has 0 saturated carbocycles. The molecule has 0 aliphatic heterocycles. The molecule has 0 saturated heterocycles. The van der Waals surface area contributed by atoms with Crippen molar-refractivity contribution in [2.24, 2.45) is 0 Å². The van der Waals surface area contributed by atoms with E-state index in [-0.39, 0.29) is 6.10 Å². The van der Waals surface area contributed by atoms with Crippen LogP contribution in [0.3, 0.4) is 0 Å². The molecule has 0 aromatic heterocycles. The molecular weight excluding hydrogens is 204 g/mol. The zero-order chi connectivity index (χ0) is 12.0. The SMILES string of the molecule is CC(O)CN(C)CCOc1cccc(N)c1. The highest BCUT2D eigenvalue weighted by Gasteiger charge is 2.02. The second-order valence-corrected chi connectivity index (χ2v) is 4.03. The van der Waals surface area contributed by atoms with E-state index in [9.17, 15) is 5.11 Å². The summed E-state index contributed by atoms with van der Waals surface area (Å²) >= 11 is 0. The largest absolute Gasteiger partial charge is 0.492 e. The molecule has 1 aromatic rings. The maximum atomic E-state index is 9.18. The molecular formula is C12H20N2O2. The highest BCUT2D eigenvalue weighted by Crippen LogP contribution is 2.14. The van der Waals surface area contributed by atoms with Crippen LogP contribution in [0.2, 0.25) is 0 Å². The quantitative estimate of drug-likeness (QED) is 0.707. The molecule has 1 aromatic carbocycles. The van der Waals surface area contributed by atoms with Crippen molar-refractivity contribution < 1.29 is 9.84 Å². The molecule has 16 heavy (non-hydrogen) atoms. The highest BCUT2D eigenvalue weighted by atomic mass is 16.5. The van der Waals surface area contributed by atoms with E-state index in [0.717, 1.165) is 12.3 Å². The number of hydrogen-bond acceptors (Lipinski definition) is 4. The topological polar surface area (TPSA) is 58.7 Å². The molecule has 1 unspecified atom stereocenters. The van der Waals surface area contributed by atoms with E-state index in [0.29, 0.717) is 18.8 Å². The molecule has 3 N–H and O–H groups in total. The lowest BCUT2D eigenvalue weighted by Crippen LogP contribution is -2.30. The summed E-state index contributed by atoms with van der Waals surface area (Å²) in [5.41, 5.74) is 6.34. The van der Waals surface area contributed by atoms with Gasteiger partial charge in [0.1, 0.15) is 12.4 Å². The first-order valence-electron chi connectivity index (χ1n) is 5.43. The minimum Gasteiger partial charge on any atom is -0.492 e. The van der Waals surface area contributed by atoms with Crippen molar-refractivity contribution in [3.63, 3.8) is 0 Å². The Balaban J connectivity index is 2.25. The Morgan fingerprint density at radius 3 is 2.88 bits per heavy atom. The Morgan fingerprint density at radius 1 is 1.50 bits per heavy atom. The number of likely N-dealkylation sites (N-methyl/N-ethyl adjacent to an activating group) is 1. The number of ether oxygens (including phenoxy) is 1. The third kappa shape index (κ3) is 5.00. The lowest BCUT2D eigenvalue weighted by atomic mass is 10.3. The van der Waals surface area contributed by atoms with Crippen LogP contribution < -0.4 is 10.5 Å². The summed E-state index contributed by atoms with van der Waals surface area (Å²) in [6, 6.07) is 7.37. The van der Waals surface area contributed by atoms with E-state index in [4.69, 9.17) is 10.5 Å². The Morgan fingerprint density at radius 2 is 2.25 bits per heavy atom. The summed E-state index contributed by atoms with van der Waals surface area (Å²) in [7, 11) is 1.95. The van der Waals surface area contributed by atoms with Gasteiger partial charge in [-0.1, -0.05) is 6.07 Å². The predicted octanol–water partition coefficient (Wildman–Crippen LogP) is 0.960. The van der Waals surface area contributed by atoms with Gasteiger partial charge in [-0.2, -0.15) is 0 Å². The maximum absolute atomic E-state index is 9.18. The number of hydrogen-bond donors (Lipinski definition) is 2. The molecule has 0 spiro atoms. The summed E-state index contributed by atoms with van der Waals surface area (Å²) in [5.74, 6) is 0.783. The van der Waals surface area contributed by atoms with E-state index >= 15 is 0 Å². The van der Waals surface area contributed by atoms with Gasteiger partial charge < -0.3 is 20.5 Å². The van der Waals surface area contributed by atoms with Crippen LogP contribution in [-0.4, -0.2) is 42.9 Å². The summed E-state index contributed by atoms with van der Waals surface area (Å²) in [5, 5.41) is 9.18. The van der Waals surface area contributed by atoms with Crippen molar-refractivity contribution in [1.82, 2.24) is 4.90 Å². The Kier molecular flexibility index (Phi) is 5.08. The van der Waals surface area contributed by atoms with E-state index in [1.54, 1.807) is 13.0 Å². The van der Waals surface area contributed by atoms with Crippen LogP contribution in [0.5, 0.6) is 5.75 Å². The molecule has 0 heterocycles. The number of nitrogens with zero attached hydrogens (tertiary/aromatic N) is 1. The standard InChI is InChI=1S/C12H20N2O2/c1-10(15)9-14(2)6-7-16-12-5-3-4-11(13)8-12/h3-5,8,10,15H,6-7,9,13H2,1-2H3. The monoisotopic (exact) mass is 224 g/mol. The van der Waals surface area contributed by atoms with Gasteiger partial charge in [0, 0.05) is 24.8 Å². The number of aliphatic hydroxyl groups is 1. The van der Waals surface area contributed by atoms with Gasteiger partial charge in [-0.3, -0.25) is 0 Å². The van der Waals surface area contributed by atoms with Crippen molar-refractivity contribution in [2.75, 3.05) is 32.5 Å². The molecule has 4 heteroatoms. The first kappa shape index (κ1) is 12.8. The molecule has 4 nitrogen and oxygen atoms in total. The zero-order valence-corrected chi connectivity index (χ0v) is 9.89. The Hall–Kier alpha value is -1.26. The molecule has 0 amide bonds. The van der Waals surface area contributed by atoms with Gasteiger partial charge in [-0.05, 0) is 26.1 Å². The molecule has 1 rings (SSSR count). The number of nitrogen functional groups attached to an aromatic ring is 1. The van der Waals surface area contributed by atoms with Crippen molar-refractivity contribution in [3.05, 3.63) is 24.3 Å². The van der Waals surface area contributed by atoms with Crippen molar-refractivity contribution in [2.45, 2.75) is 13.0 Å². The van der Waals surface area contributed by atoms with Gasteiger partial charge in [0.05, 0.1) is 6.10 Å². The fraction of sp³-hybridized carbons (Fsp3) is 0.500. The van der Waals surface area contributed by atoms with Gasteiger partial charge in [0.2, 0.25) is 0 Å². The minimum absolute atomic E-state index is 0.308. The fourth-order valence-electron chi connectivity index (χ4n) is 1.47. The fourth-order valence-corrected chi connectivity index (χ4v) is 1.47. The van der Waals surface area contributed by atoms with Crippen LogP contribution in [0.15, 0.2) is 24.3 Å². The second-order valence-electron chi connectivity index (χ2n) is 4.03. The molecule has 90 valence electrons. The first-order valence-corrected chi connectivity index (χ1v) is 5.43. The second kappa shape index (κ2) is 6.35. The minimum atomic E-state index is -0.308. The average Bonchev–Trinajstić information content (AvgIpc) is 2.16. The third-order valence-electron chi connectivity index (χ3n) is 2.18. The molecule has 0 bridgehead atoms. The van der Waals surface area contributed by atoms with Crippen molar-refractivity contribution in [1.29, 1.82) is 0 Å². The molecule has 0 radical (unpaired) electrons. The van der Waals surface area contributed by atoms with Crippen LogP contribution in [0.1, 0.15) is 6.92 Å². The maximum Gasteiger partial charge on any atom is 0.121 e. The lowest BCUT2D eigenvalue weighted by molar-refractivity contribution is 0.131. The van der Waals surface area contributed by atoms with Gasteiger partial charge in [-0.25, -0.2) is 0 Å². The van der Waals surface area contributed by atoms with Crippen LogP contribution in [0.4, 0.5) is 5.69 Å². The van der Waals surface area contributed by atoms with Gasteiger partial charge in [0.25, 0.3) is 0 Å². The van der Waals surface area contributed by atoms with E-state index in [1.807, 2.05) is 30.1 Å². The summed E-state index contributed by atoms with van der Waals surface area (Å²) in [6.07, 6.45) is -0.308. The van der Waals surface area contributed by atoms with E-state index in [1.165, 1.54) is 0 Å². The van der Waals surface area contributed by atoms with E-state index in [2.05, 4.69) is 0 Å². The van der Waals surface area contributed by atoms with Crippen LogP contribution in [-0.2, 0) is 0 Å². The number of rotatable bonds is 6. The lowest BCUT2D eigenvalue weighted by Gasteiger charge is -2.18. The highest BCUT2D eigenvalue weighted by molar-refractivity contribution is 5.43. The summed E-state index contributed by atoms with van der Waals surface area (Å²) in [4.78, 5) is 2.02. The summed E-state index contributed by atoms with van der Waals surface area (Å²) < 4.78 is 5.54. The van der Waals surface area contributed by atoms with Crippen LogP contribution >= 0.6 is 0 Å². The molecule has 0 aliphatic rings. The average molecular weight is 224 g/mol. The number of nitrogens with two attached hydrogens (primary N) is 1. The summed E-state index contributed by atoms with van der Waals surface area (Å²) in [6.45, 7) is 3.79. The van der Waals surface area contributed by atoms with Crippen LogP contribution in [0.25, 0.3) is 0 Å². The first-order chi connectivity index (χ1) is 7.58. The van der Waals surface area contributed by atoms with Gasteiger partial charge >= 0.3 is 0 Å². The van der Waals surface area contributed by atoms with Crippen LogP contribution in [0, 0.1) is 0 Å². The predicted molar refractivity (Wildman–Crippen MR) is 65.5 cm³/mol. The van der Waals surface area contributed by atoms with Gasteiger partial charge in [-0.15, -0.1) is 0 Å². The van der Waals surface area contributed by atoms with Gasteiger partial charge in [0.15, 0.2) is 0 Å². The Bertz CT molecular complexity index is 316.